The molecule has 0 bridgehead atoms. The number of aliphatic hydroxyl groups excluding tert-OH is 1. The van der Waals surface area contributed by atoms with E-state index in [1.165, 1.54) is 7.11 Å². The molecule has 0 spiro atoms. The number of imidazole rings is 1. The second-order valence-corrected chi connectivity index (χ2v) is 7.64. The van der Waals surface area contributed by atoms with Crippen LogP contribution in [-0.4, -0.2) is 58.5 Å². The Morgan fingerprint density at radius 1 is 0.914 bits per heavy atom. The molecular formula is C26H25N3O6. The first-order valence-electron chi connectivity index (χ1n) is 11.0. The number of aromatic nitrogens is 3. The maximum absolute atomic E-state index is 12.9. The highest BCUT2D eigenvalue weighted by molar-refractivity contribution is 6.02. The standard InChI is InChI=1S/C26H25N3O6/c1-33-23-8-4-19(28-26(23)18-9-11-29-12-10-27-25(29)16-18)21(32)6-5-20(31)17-3-7-22(35-14-13-30)24(15-17)34-2/h3-4,7-12,15-16,30H,5-6,13-14H2,1-2H3. The summed E-state index contributed by atoms with van der Waals surface area (Å²) in [4.78, 5) is 34.4. The van der Waals surface area contributed by atoms with E-state index >= 15 is 0 Å². The molecule has 1 aromatic carbocycles. The second-order valence-electron chi connectivity index (χ2n) is 7.64. The number of hydrogen-bond acceptors (Lipinski definition) is 8. The number of aliphatic hydroxyl groups is 1. The summed E-state index contributed by atoms with van der Waals surface area (Å²) < 4.78 is 18.0. The molecule has 0 aliphatic heterocycles. The van der Waals surface area contributed by atoms with Gasteiger partial charge in [-0.1, -0.05) is 0 Å². The van der Waals surface area contributed by atoms with Crippen LogP contribution in [-0.2, 0) is 0 Å². The molecule has 9 nitrogen and oxygen atoms in total. The highest BCUT2D eigenvalue weighted by Crippen LogP contribution is 2.30. The fourth-order valence-electron chi connectivity index (χ4n) is 3.65. The zero-order valence-electron chi connectivity index (χ0n) is 19.4. The van der Waals surface area contributed by atoms with Gasteiger partial charge in [0, 0.05) is 42.6 Å². The van der Waals surface area contributed by atoms with Crippen LogP contribution in [0.25, 0.3) is 16.9 Å². The second kappa shape index (κ2) is 10.8. The molecule has 4 aromatic rings. The van der Waals surface area contributed by atoms with Gasteiger partial charge in [-0.05, 0) is 42.5 Å². The minimum absolute atomic E-state index is 0.00196. The zero-order valence-corrected chi connectivity index (χ0v) is 19.4. The van der Waals surface area contributed by atoms with Crippen LogP contribution in [0, 0.1) is 0 Å². The Bertz CT molecular complexity index is 1360. The third-order valence-corrected chi connectivity index (χ3v) is 5.45. The van der Waals surface area contributed by atoms with Crippen molar-refractivity contribution in [2.45, 2.75) is 12.8 Å². The van der Waals surface area contributed by atoms with Crippen LogP contribution in [0.1, 0.15) is 33.7 Å². The van der Waals surface area contributed by atoms with Gasteiger partial charge < -0.3 is 23.7 Å². The largest absolute Gasteiger partial charge is 0.494 e. The van der Waals surface area contributed by atoms with Crippen LogP contribution in [0.4, 0.5) is 0 Å². The van der Waals surface area contributed by atoms with E-state index in [0.717, 1.165) is 11.2 Å². The maximum Gasteiger partial charge on any atom is 0.181 e. The first-order valence-corrected chi connectivity index (χ1v) is 11.0. The summed E-state index contributed by atoms with van der Waals surface area (Å²) in [5, 5.41) is 8.93. The van der Waals surface area contributed by atoms with Gasteiger partial charge in [-0.15, -0.1) is 0 Å². The highest BCUT2D eigenvalue weighted by Gasteiger charge is 2.17. The van der Waals surface area contributed by atoms with Gasteiger partial charge in [0.2, 0.25) is 0 Å². The van der Waals surface area contributed by atoms with Crippen molar-refractivity contribution >= 4 is 17.2 Å². The van der Waals surface area contributed by atoms with Crippen molar-refractivity contribution in [1.82, 2.24) is 14.4 Å². The molecule has 0 aliphatic rings. The van der Waals surface area contributed by atoms with E-state index in [0.29, 0.717) is 28.5 Å². The monoisotopic (exact) mass is 475 g/mol. The molecule has 9 heteroatoms. The predicted molar refractivity (Wildman–Crippen MR) is 128 cm³/mol. The number of fused-ring (bicyclic) bond motifs is 1. The number of benzene rings is 1. The third kappa shape index (κ3) is 5.30. The van der Waals surface area contributed by atoms with Crippen LogP contribution in [0.15, 0.2) is 61.1 Å². The van der Waals surface area contributed by atoms with Crippen molar-refractivity contribution in [2.24, 2.45) is 0 Å². The van der Waals surface area contributed by atoms with Crippen molar-refractivity contribution in [1.29, 1.82) is 0 Å². The number of ether oxygens (including phenoxy) is 3. The Hall–Kier alpha value is -4.24. The van der Waals surface area contributed by atoms with E-state index in [2.05, 4.69) is 9.97 Å². The van der Waals surface area contributed by atoms with Gasteiger partial charge >= 0.3 is 0 Å². The third-order valence-electron chi connectivity index (χ3n) is 5.45. The van der Waals surface area contributed by atoms with Crippen molar-refractivity contribution < 1.29 is 28.9 Å². The minimum Gasteiger partial charge on any atom is -0.494 e. The number of pyridine rings is 2. The summed E-state index contributed by atoms with van der Waals surface area (Å²) in [6, 6.07) is 11.8. The molecule has 0 aliphatic carbocycles. The summed E-state index contributed by atoms with van der Waals surface area (Å²) >= 11 is 0. The first kappa shape index (κ1) is 23.9. The number of methoxy groups -OCH3 is 2. The summed E-state index contributed by atoms with van der Waals surface area (Å²) in [6.07, 6.45) is 5.42. The van der Waals surface area contributed by atoms with Crippen LogP contribution in [0.3, 0.4) is 0 Å². The van der Waals surface area contributed by atoms with Gasteiger partial charge in [0.05, 0.1) is 20.8 Å². The Balaban J connectivity index is 1.49. The summed E-state index contributed by atoms with van der Waals surface area (Å²) in [6.45, 7) is -0.0179. The lowest BCUT2D eigenvalue weighted by molar-refractivity contribution is 0.0914. The lowest BCUT2D eigenvalue weighted by Crippen LogP contribution is -2.08. The van der Waals surface area contributed by atoms with Crippen molar-refractivity contribution in [3.63, 3.8) is 0 Å². The number of carbonyl (C=O) groups excluding carboxylic acids is 2. The summed E-state index contributed by atoms with van der Waals surface area (Å²) in [5.41, 5.74) is 2.70. The van der Waals surface area contributed by atoms with Crippen LogP contribution in [0.5, 0.6) is 17.2 Å². The Kier molecular flexibility index (Phi) is 7.37. The smallest absolute Gasteiger partial charge is 0.181 e. The molecule has 4 rings (SSSR count). The summed E-state index contributed by atoms with van der Waals surface area (Å²) in [7, 11) is 3.01. The highest BCUT2D eigenvalue weighted by atomic mass is 16.5. The average Bonchev–Trinajstić information content (AvgIpc) is 3.37. The van der Waals surface area contributed by atoms with Gasteiger partial charge in [0.15, 0.2) is 23.1 Å². The first-order chi connectivity index (χ1) is 17.0. The minimum atomic E-state index is -0.251. The van der Waals surface area contributed by atoms with Crippen molar-refractivity contribution in [3.8, 4) is 28.5 Å². The molecule has 3 heterocycles. The van der Waals surface area contributed by atoms with E-state index in [1.54, 1.807) is 43.6 Å². The van der Waals surface area contributed by atoms with Crippen molar-refractivity contribution in [2.75, 3.05) is 27.4 Å². The molecule has 3 aromatic heterocycles. The zero-order chi connectivity index (χ0) is 24.8. The van der Waals surface area contributed by atoms with Crippen LogP contribution in [0.2, 0.25) is 0 Å². The van der Waals surface area contributed by atoms with E-state index in [1.807, 2.05) is 28.9 Å². The Morgan fingerprint density at radius 3 is 2.46 bits per heavy atom. The van der Waals surface area contributed by atoms with E-state index in [9.17, 15) is 9.59 Å². The molecule has 0 atom stereocenters. The SMILES string of the molecule is COc1cc(C(=O)CCC(=O)c2ccc(OC)c(-c3ccn4ccnc4c3)n2)ccc1OCCO. The van der Waals surface area contributed by atoms with E-state index < -0.39 is 0 Å². The number of carbonyl (C=O) groups is 2. The van der Waals surface area contributed by atoms with E-state index in [4.69, 9.17) is 19.3 Å². The molecule has 35 heavy (non-hydrogen) atoms. The quantitative estimate of drug-likeness (QED) is 0.327. The molecule has 0 radical (unpaired) electrons. The number of nitrogens with zero attached hydrogens (tertiary/aromatic N) is 3. The van der Waals surface area contributed by atoms with Gasteiger partial charge in [-0.25, -0.2) is 9.97 Å². The average molecular weight is 476 g/mol. The molecule has 1 N–H and O–H groups in total. The fourth-order valence-corrected chi connectivity index (χ4v) is 3.65. The molecule has 0 fully saturated rings. The number of hydrogen-bond donors (Lipinski definition) is 1. The number of Topliss-reactive ketones (excluding diaryl/α,β-unsaturated/α-hetero) is 2. The van der Waals surface area contributed by atoms with Gasteiger partial charge in [-0.3, -0.25) is 9.59 Å². The fraction of sp³-hybridized carbons (Fsp3) is 0.231. The normalized spacial score (nSPS) is 10.8. The Morgan fingerprint density at radius 2 is 1.69 bits per heavy atom. The summed E-state index contributed by atoms with van der Waals surface area (Å²) in [5.74, 6) is 0.885. The van der Waals surface area contributed by atoms with Gasteiger partial charge in [0.25, 0.3) is 0 Å². The molecule has 0 unspecified atom stereocenters. The predicted octanol–water partition coefficient (Wildman–Crippen LogP) is 3.63. The van der Waals surface area contributed by atoms with Crippen LogP contribution < -0.4 is 14.2 Å². The molecule has 0 amide bonds. The molecule has 0 saturated heterocycles. The van der Waals surface area contributed by atoms with Gasteiger partial charge in [-0.2, -0.15) is 0 Å². The van der Waals surface area contributed by atoms with Crippen LogP contribution >= 0.6 is 0 Å². The molecule has 0 saturated carbocycles. The maximum atomic E-state index is 12.9. The topological polar surface area (TPSA) is 112 Å². The molecule has 180 valence electrons. The number of ketones is 2. The number of rotatable bonds is 11. The molecular weight excluding hydrogens is 450 g/mol. The van der Waals surface area contributed by atoms with Gasteiger partial charge in [0.1, 0.15) is 29.4 Å². The lowest BCUT2D eigenvalue weighted by Gasteiger charge is -2.11. The lowest BCUT2D eigenvalue weighted by atomic mass is 10.0. The van der Waals surface area contributed by atoms with E-state index in [-0.39, 0.29) is 43.3 Å². The Labute approximate surface area is 201 Å². The van der Waals surface area contributed by atoms with Crippen molar-refractivity contribution in [3.05, 3.63) is 72.3 Å².